The molecule has 0 aliphatic heterocycles. The zero-order chi connectivity index (χ0) is 13.2. The summed E-state index contributed by atoms with van der Waals surface area (Å²) in [7, 11) is 0. The molecule has 0 aliphatic rings. The van der Waals surface area contributed by atoms with Crippen molar-refractivity contribution in [2.75, 3.05) is 5.32 Å². The van der Waals surface area contributed by atoms with E-state index in [0.717, 1.165) is 11.4 Å². The predicted octanol–water partition coefficient (Wildman–Crippen LogP) is 2.15. The van der Waals surface area contributed by atoms with E-state index in [1.807, 2.05) is 53.4 Å². The van der Waals surface area contributed by atoms with Crippen LogP contribution < -0.4 is 11.1 Å². The summed E-state index contributed by atoms with van der Waals surface area (Å²) >= 11 is 0. The van der Waals surface area contributed by atoms with Gasteiger partial charge in [0.25, 0.3) is 0 Å². The van der Waals surface area contributed by atoms with Crippen molar-refractivity contribution in [2.24, 2.45) is 5.73 Å². The molecule has 1 aromatic carbocycles. The molecular formula is C14H17N3O. The van der Waals surface area contributed by atoms with Gasteiger partial charge in [-0.05, 0) is 44.2 Å². The maximum atomic E-state index is 11.8. The average Bonchev–Trinajstić information content (AvgIpc) is 2.81. The van der Waals surface area contributed by atoms with Gasteiger partial charge in [0.1, 0.15) is 0 Å². The second-order valence-corrected chi connectivity index (χ2v) is 4.82. The number of rotatable bonds is 3. The number of nitrogens with zero attached hydrogens (tertiary/aromatic N) is 1. The maximum Gasteiger partial charge on any atom is 0.243 e. The molecule has 1 heterocycles. The highest BCUT2D eigenvalue weighted by Gasteiger charge is 2.21. The van der Waals surface area contributed by atoms with E-state index in [0.29, 0.717) is 0 Å². The molecule has 0 bridgehead atoms. The van der Waals surface area contributed by atoms with Gasteiger partial charge in [-0.15, -0.1) is 0 Å². The molecular weight excluding hydrogens is 226 g/mol. The van der Waals surface area contributed by atoms with Gasteiger partial charge < -0.3 is 15.6 Å². The van der Waals surface area contributed by atoms with Gasteiger partial charge in [0.2, 0.25) is 5.91 Å². The van der Waals surface area contributed by atoms with E-state index in [4.69, 9.17) is 5.73 Å². The third kappa shape index (κ3) is 2.78. The fourth-order valence-electron chi connectivity index (χ4n) is 1.54. The fraction of sp³-hybridized carbons (Fsp3) is 0.214. The van der Waals surface area contributed by atoms with Crippen LogP contribution >= 0.6 is 0 Å². The molecule has 3 N–H and O–H groups in total. The standard InChI is InChI=1S/C14H17N3O/c1-14(2,15)13(18)16-11-6-5-7-12(10-11)17-8-3-4-9-17/h3-10H,15H2,1-2H3,(H,16,18). The van der Waals surface area contributed by atoms with Gasteiger partial charge in [-0.3, -0.25) is 4.79 Å². The smallest absolute Gasteiger partial charge is 0.243 e. The van der Waals surface area contributed by atoms with Crippen LogP contribution in [-0.4, -0.2) is 16.0 Å². The lowest BCUT2D eigenvalue weighted by atomic mass is 10.1. The van der Waals surface area contributed by atoms with E-state index in [1.165, 1.54) is 0 Å². The quantitative estimate of drug-likeness (QED) is 0.867. The van der Waals surface area contributed by atoms with Gasteiger partial charge in [-0.25, -0.2) is 0 Å². The Kier molecular flexibility index (Phi) is 3.21. The van der Waals surface area contributed by atoms with Crippen LogP contribution in [0, 0.1) is 0 Å². The molecule has 1 aromatic heterocycles. The minimum absolute atomic E-state index is 0.202. The molecule has 0 spiro atoms. The Morgan fingerprint density at radius 2 is 1.89 bits per heavy atom. The van der Waals surface area contributed by atoms with Crippen molar-refractivity contribution in [3.63, 3.8) is 0 Å². The molecule has 4 nitrogen and oxygen atoms in total. The Morgan fingerprint density at radius 1 is 1.22 bits per heavy atom. The van der Waals surface area contributed by atoms with Crippen molar-refractivity contribution in [1.29, 1.82) is 0 Å². The number of nitrogens with two attached hydrogens (primary N) is 1. The van der Waals surface area contributed by atoms with Crippen molar-refractivity contribution >= 4 is 11.6 Å². The van der Waals surface area contributed by atoms with Crippen LogP contribution in [0.2, 0.25) is 0 Å². The topological polar surface area (TPSA) is 60.1 Å². The Labute approximate surface area is 106 Å². The van der Waals surface area contributed by atoms with Crippen LogP contribution in [0.15, 0.2) is 48.8 Å². The van der Waals surface area contributed by atoms with Crippen LogP contribution in [-0.2, 0) is 4.79 Å². The van der Waals surface area contributed by atoms with Crippen molar-refractivity contribution in [2.45, 2.75) is 19.4 Å². The fourth-order valence-corrected chi connectivity index (χ4v) is 1.54. The van der Waals surface area contributed by atoms with E-state index in [1.54, 1.807) is 13.8 Å². The average molecular weight is 243 g/mol. The summed E-state index contributed by atoms with van der Waals surface area (Å²) in [4.78, 5) is 11.8. The number of aromatic nitrogens is 1. The van der Waals surface area contributed by atoms with Crippen molar-refractivity contribution in [3.8, 4) is 5.69 Å². The van der Waals surface area contributed by atoms with Gasteiger partial charge in [-0.2, -0.15) is 0 Å². The molecule has 0 saturated carbocycles. The Balaban J connectivity index is 2.21. The first-order valence-corrected chi connectivity index (χ1v) is 5.80. The monoisotopic (exact) mass is 243 g/mol. The van der Waals surface area contributed by atoms with E-state index < -0.39 is 5.54 Å². The molecule has 2 aromatic rings. The van der Waals surface area contributed by atoms with E-state index in [9.17, 15) is 4.79 Å². The lowest BCUT2D eigenvalue weighted by Gasteiger charge is -2.18. The zero-order valence-corrected chi connectivity index (χ0v) is 10.6. The maximum absolute atomic E-state index is 11.8. The number of carbonyl (C=O) groups excluding carboxylic acids is 1. The van der Waals surface area contributed by atoms with Crippen molar-refractivity contribution in [1.82, 2.24) is 4.57 Å². The van der Waals surface area contributed by atoms with Crippen LogP contribution in [0.5, 0.6) is 0 Å². The molecule has 2 rings (SSSR count). The summed E-state index contributed by atoms with van der Waals surface area (Å²) < 4.78 is 1.98. The molecule has 0 fully saturated rings. The van der Waals surface area contributed by atoms with Gasteiger partial charge in [0.05, 0.1) is 5.54 Å². The zero-order valence-electron chi connectivity index (χ0n) is 10.6. The van der Waals surface area contributed by atoms with Crippen LogP contribution in [0.4, 0.5) is 5.69 Å². The third-order valence-corrected chi connectivity index (χ3v) is 2.59. The first kappa shape index (κ1) is 12.4. The minimum atomic E-state index is -0.885. The number of benzene rings is 1. The summed E-state index contributed by atoms with van der Waals surface area (Å²) in [6, 6.07) is 11.5. The third-order valence-electron chi connectivity index (χ3n) is 2.59. The van der Waals surface area contributed by atoms with E-state index in [-0.39, 0.29) is 5.91 Å². The normalized spacial score (nSPS) is 11.3. The number of anilines is 1. The number of hydrogen-bond donors (Lipinski definition) is 2. The molecule has 0 saturated heterocycles. The Bertz CT molecular complexity index is 538. The molecule has 18 heavy (non-hydrogen) atoms. The van der Waals surface area contributed by atoms with Crippen LogP contribution in [0.3, 0.4) is 0 Å². The van der Waals surface area contributed by atoms with Crippen LogP contribution in [0.25, 0.3) is 5.69 Å². The number of amides is 1. The van der Waals surface area contributed by atoms with E-state index >= 15 is 0 Å². The Hall–Kier alpha value is -2.07. The second-order valence-electron chi connectivity index (χ2n) is 4.82. The lowest BCUT2D eigenvalue weighted by molar-refractivity contribution is -0.120. The second kappa shape index (κ2) is 4.66. The molecule has 0 unspecified atom stereocenters. The largest absolute Gasteiger partial charge is 0.324 e. The molecule has 94 valence electrons. The van der Waals surface area contributed by atoms with Gasteiger partial charge >= 0.3 is 0 Å². The molecule has 0 radical (unpaired) electrons. The summed E-state index contributed by atoms with van der Waals surface area (Å²) in [5.74, 6) is -0.202. The molecule has 1 amide bonds. The summed E-state index contributed by atoms with van der Waals surface area (Å²) in [5, 5.41) is 2.81. The van der Waals surface area contributed by atoms with Gasteiger partial charge in [0, 0.05) is 23.8 Å². The van der Waals surface area contributed by atoms with Crippen LogP contribution in [0.1, 0.15) is 13.8 Å². The van der Waals surface area contributed by atoms with E-state index in [2.05, 4.69) is 5.32 Å². The minimum Gasteiger partial charge on any atom is -0.324 e. The van der Waals surface area contributed by atoms with Crippen molar-refractivity contribution in [3.05, 3.63) is 48.8 Å². The molecule has 0 aliphatic carbocycles. The van der Waals surface area contributed by atoms with Gasteiger partial charge in [-0.1, -0.05) is 6.07 Å². The summed E-state index contributed by atoms with van der Waals surface area (Å²) in [6.07, 6.45) is 3.90. The highest BCUT2D eigenvalue weighted by atomic mass is 16.2. The Morgan fingerprint density at radius 3 is 2.50 bits per heavy atom. The number of nitrogens with one attached hydrogen (secondary N) is 1. The summed E-state index contributed by atoms with van der Waals surface area (Å²) in [5.41, 5.74) is 6.59. The summed E-state index contributed by atoms with van der Waals surface area (Å²) in [6.45, 7) is 3.36. The van der Waals surface area contributed by atoms with Gasteiger partial charge in [0.15, 0.2) is 0 Å². The number of carbonyl (C=O) groups is 1. The highest BCUT2D eigenvalue weighted by molar-refractivity contribution is 5.97. The SMILES string of the molecule is CC(C)(N)C(=O)Nc1cccc(-n2cccc2)c1. The number of hydrogen-bond acceptors (Lipinski definition) is 2. The molecule has 0 atom stereocenters. The lowest BCUT2D eigenvalue weighted by Crippen LogP contribution is -2.45. The predicted molar refractivity (Wildman–Crippen MR) is 72.7 cm³/mol. The first-order valence-electron chi connectivity index (χ1n) is 5.80. The molecule has 4 heteroatoms. The highest BCUT2D eigenvalue weighted by Crippen LogP contribution is 2.15. The van der Waals surface area contributed by atoms with Crippen molar-refractivity contribution < 1.29 is 4.79 Å². The first-order chi connectivity index (χ1) is 8.47.